The number of hydrogen-bond donors (Lipinski definition) is 0. The number of ether oxygens (including phenoxy) is 1. The number of rotatable bonds is 3. The van der Waals surface area contributed by atoms with Crippen molar-refractivity contribution in [1.29, 1.82) is 0 Å². The summed E-state index contributed by atoms with van der Waals surface area (Å²) in [5, 5.41) is 0. The molecule has 0 aromatic rings. The van der Waals surface area contributed by atoms with Crippen molar-refractivity contribution in [3.05, 3.63) is 0 Å². The zero-order valence-corrected chi connectivity index (χ0v) is 10.7. The molecule has 0 amide bonds. The van der Waals surface area contributed by atoms with E-state index in [4.69, 9.17) is 4.74 Å². The van der Waals surface area contributed by atoms with Crippen molar-refractivity contribution in [1.82, 2.24) is 0 Å². The van der Waals surface area contributed by atoms with Gasteiger partial charge in [-0.15, -0.1) is 0 Å². The van der Waals surface area contributed by atoms with Crippen LogP contribution in [0.15, 0.2) is 0 Å². The van der Waals surface area contributed by atoms with Crippen molar-refractivity contribution < 1.29 is 9.53 Å². The van der Waals surface area contributed by atoms with Gasteiger partial charge in [0.05, 0.1) is 4.83 Å². The molecule has 1 saturated carbocycles. The second kappa shape index (κ2) is 5.33. The first-order valence-corrected chi connectivity index (χ1v) is 7.01. The van der Waals surface area contributed by atoms with Crippen molar-refractivity contribution in [2.75, 3.05) is 0 Å². The van der Waals surface area contributed by atoms with Crippen molar-refractivity contribution in [3.8, 4) is 0 Å². The Hall–Kier alpha value is -0.0500. The highest BCUT2D eigenvalue weighted by molar-refractivity contribution is 9.09. The van der Waals surface area contributed by atoms with Crippen molar-refractivity contribution in [3.63, 3.8) is 0 Å². The number of carbonyl (C=O) groups excluding carboxylic acids is 1. The van der Waals surface area contributed by atoms with Gasteiger partial charge in [-0.2, -0.15) is 0 Å². The molecule has 1 aliphatic carbocycles. The lowest BCUT2D eigenvalue weighted by Gasteiger charge is -2.25. The molecule has 3 heteroatoms. The molecule has 2 rings (SSSR count). The Balaban J connectivity index is 1.75. The van der Waals surface area contributed by atoms with E-state index in [1.807, 2.05) is 0 Å². The van der Waals surface area contributed by atoms with Gasteiger partial charge in [-0.25, -0.2) is 0 Å². The normalized spacial score (nSPS) is 30.2. The lowest BCUT2D eigenvalue weighted by Crippen LogP contribution is -2.24. The lowest BCUT2D eigenvalue weighted by atomic mass is 9.85. The molecule has 2 atom stereocenters. The maximum atomic E-state index is 11.0. The Morgan fingerprint density at radius 2 is 2.00 bits per heavy atom. The van der Waals surface area contributed by atoms with E-state index in [0.717, 1.165) is 12.3 Å². The molecule has 1 aliphatic heterocycles. The average molecular weight is 275 g/mol. The lowest BCUT2D eigenvalue weighted by molar-refractivity contribution is -0.141. The first kappa shape index (κ1) is 11.4. The minimum Gasteiger partial charge on any atom is -0.461 e. The molecule has 2 aliphatic rings. The third-order valence-electron chi connectivity index (χ3n) is 3.60. The highest BCUT2D eigenvalue weighted by Gasteiger charge is 2.31. The smallest absolute Gasteiger partial charge is 0.306 e. The highest BCUT2D eigenvalue weighted by Crippen LogP contribution is 2.33. The maximum absolute atomic E-state index is 11.0. The van der Waals surface area contributed by atoms with Gasteiger partial charge in [-0.05, 0) is 18.8 Å². The second-order valence-electron chi connectivity index (χ2n) is 4.82. The van der Waals surface area contributed by atoms with Crippen LogP contribution < -0.4 is 0 Å². The van der Waals surface area contributed by atoms with Crippen LogP contribution in [0.3, 0.4) is 0 Å². The summed E-state index contributed by atoms with van der Waals surface area (Å²) < 4.78 is 5.28. The number of esters is 1. The molecule has 1 saturated heterocycles. The van der Waals surface area contributed by atoms with Gasteiger partial charge in [-0.3, -0.25) is 4.79 Å². The monoisotopic (exact) mass is 274 g/mol. The van der Waals surface area contributed by atoms with Gasteiger partial charge in [0, 0.05) is 6.42 Å². The zero-order chi connectivity index (χ0) is 10.7. The van der Waals surface area contributed by atoms with E-state index in [1.54, 1.807) is 0 Å². The van der Waals surface area contributed by atoms with Crippen molar-refractivity contribution >= 4 is 21.9 Å². The largest absolute Gasteiger partial charge is 0.461 e. The van der Waals surface area contributed by atoms with E-state index in [9.17, 15) is 4.79 Å². The van der Waals surface area contributed by atoms with Gasteiger partial charge >= 0.3 is 5.97 Å². The van der Waals surface area contributed by atoms with Crippen LogP contribution in [-0.4, -0.2) is 16.9 Å². The summed E-state index contributed by atoms with van der Waals surface area (Å²) >= 11 is 3.69. The van der Waals surface area contributed by atoms with Gasteiger partial charge < -0.3 is 4.74 Å². The van der Waals surface area contributed by atoms with Crippen LogP contribution in [0.2, 0.25) is 0 Å². The molecule has 86 valence electrons. The minimum atomic E-state index is -0.0203. The maximum Gasteiger partial charge on any atom is 0.306 e. The van der Waals surface area contributed by atoms with E-state index in [-0.39, 0.29) is 12.1 Å². The van der Waals surface area contributed by atoms with E-state index in [2.05, 4.69) is 15.9 Å². The Morgan fingerprint density at radius 3 is 2.60 bits per heavy atom. The summed E-state index contributed by atoms with van der Waals surface area (Å²) in [5.74, 6) is 0.829. The van der Waals surface area contributed by atoms with Crippen LogP contribution >= 0.6 is 15.9 Å². The Bertz CT molecular complexity index is 224. The molecule has 1 heterocycles. The number of carbonyl (C=O) groups is 1. The number of alkyl halides is 1. The van der Waals surface area contributed by atoms with Gasteiger partial charge in [0.15, 0.2) is 0 Å². The number of hydrogen-bond acceptors (Lipinski definition) is 2. The van der Waals surface area contributed by atoms with E-state index >= 15 is 0 Å². The molecule has 0 unspecified atom stereocenters. The number of cyclic esters (lactones) is 1. The number of halogens is 1. The Kier molecular flexibility index (Phi) is 4.06. The van der Waals surface area contributed by atoms with E-state index in [0.29, 0.717) is 11.2 Å². The van der Waals surface area contributed by atoms with Crippen LogP contribution in [0, 0.1) is 5.92 Å². The third kappa shape index (κ3) is 3.20. The quantitative estimate of drug-likeness (QED) is 0.582. The summed E-state index contributed by atoms with van der Waals surface area (Å²) in [7, 11) is 0. The van der Waals surface area contributed by atoms with Crippen LogP contribution in [0.1, 0.15) is 51.4 Å². The Labute approximate surface area is 99.9 Å². The molecule has 0 N–H and O–H groups in total. The van der Waals surface area contributed by atoms with Crippen molar-refractivity contribution in [2.24, 2.45) is 5.92 Å². The van der Waals surface area contributed by atoms with Gasteiger partial charge in [0.25, 0.3) is 0 Å². The first-order valence-electron chi connectivity index (χ1n) is 6.09. The van der Waals surface area contributed by atoms with Crippen LogP contribution in [0.4, 0.5) is 0 Å². The van der Waals surface area contributed by atoms with Gasteiger partial charge in [-0.1, -0.05) is 48.0 Å². The predicted octanol–water partition coefficient (Wildman–Crippen LogP) is 3.43. The van der Waals surface area contributed by atoms with Gasteiger partial charge in [0.1, 0.15) is 6.10 Å². The fourth-order valence-corrected chi connectivity index (χ4v) is 3.60. The summed E-state index contributed by atoms with van der Waals surface area (Å²) in [6.45, 7) is 0. The van der Waals surface area contributed by atoms with Crippen LogP contribution in [0.5, 0.6) is 0 Å². The zero-order valence-electron chi connectivity index (χ0n) is 9.08. The van der Waals surface area contributed by atoms with Crippen LogP contribution in [-0.2, 0) is 9.53 Å². The second-order valence-corrected chi connectivity index (χ2v) is 6.00. The molecule has 0 aromatic heterocycles. The molecule has 0 radical (unpaired) electrons. The van der Waals surface area contributed by atoms with Crippen LogP contribution in [0.25, 0.3) is 0 Å². The third-order valence-corrected chi connectivity index (χ3v) is 4.57. The molecule has 2 nitrogen and oxygen atoms in total. The summed E-state index contributed by atoms with van der Waals surface area (Å²) in [6, 6.07) is 0. The average Bonchev–Trinajstić information content (AvgIpc) is 2.66. The molecule has 2 fully saturated rings. The predicted molar refractivity (Wildman–Crippen MR) is 63.0 cm³/mol. The molecular formula is C12H19BrO2. The molecule has 15 heavy (non-hydrogen) atoms. The highest BCUT2D eigenvalue weighted by atomic mass is 79.9. The fraction of sp³-hybridized carbons (Fsp3) is 0.917. The molecule has 0 bridgehead atoms. The van der Waals surface area contributed by atoms with E-state index < -0.39 is 0 Å². The van der Waals surface area contributed by atoms with E-state index in [1.165, 1.54) is 38.5 Å². The molecule has 0 spiro atoms. The summed E-state index contributed by atoms with van der Waals surface area (Å²) in [4.78, 5) is 11.4. The summed E-state index contributed by atoms with van der Waals surface area (Å²) in [6.07, 6.45) is 9.73. The molecule has 0 aromatic carbocycles. The topological polar surface area (TPSA) is 26.3 Å². The minimum absolute atomic E-state index is 0.0203. The summed E-state index contributed by atoms with van der Waals surface area (Å²) in [5.41, 5.74) is 0. The van der Waals surface area contributed by atoms with Gasteiger partial charge in [0.2, 0.25) is 0 Å². The SMILES string of the molecule is O=C1CC[C@@H]([C@H](Br)CC2CCCCC2)O1. The molecular weight excluding hydrogens is 256 g/mol. The first-order chi connectivity index (χ1) is 7.25. The Morgan fingerprint density at radius 1 is 1.27 bits per heavy atom. The standard InChI is InChI=1S/C12H19BrO2/c13-10(11-6-7-12(14)15-11)8-9-4-2-1-3-5-9/h9-11H,1-8H2/t10-,11+/m1/s1. The van der Waals surface area contributed by atoms with Crippen molar-refractivity contribution in [2.45, 2.75) is 62.3 Å². The fourth-order valence-electron chi connectivity index (χ4n) is 2.69.